The van der Waals surface area contributed by atoms with E-state index in [-0.39, 0.29) is 0 Å². The Morgan fingerprint density at radius 1 is 0.897 bits per heavy atom. The third-order valence-electron chi connectivity index (χ3n) is 4.73. The van der Waals surface area contributed by atoms with Crippen LogP contribution in [-0.4, -0.2) is 39.6 Å². The van der Waals surface area contributed by atoms with Crippen LogP contribution in [0, 0.1) is 0 Å². The summed E-state index contributed by atoms with van der Waals surface area (Å²) in [5.74, 6) is 1.62. The Labute approximate surface area is 173 Å². The Bertz CT molecular complexity index is 1290. The van der Waals surface area contributed by atoms with E-state index < -0.39 is 0 Å². The van der Waals surface area contributed by atoms with E-state index in [1.807, 2.05) is 41.1 Å². The molecule has 29 heavy (non-hydrogen) atoms. The smallest absolute Gasteiger partial charge is 0.198 e. The van der Waals surface area contributed by atoms with Crippen molar-refractivity contribution >= 4 is 28.7 Å². The molecule has 0 saturated heterocycles. The molecule has 8 nitrogen and oxygen atoms in total. The van der Waals surface area contributed by atoms with Gasteiger partial charge >= 0.3 is 0 Å². The number of thiophene rings is 1. The third-order valence-corrected chi connectivity index (χ3v) is 6.30. The number of hydrogen-bond acceptors (Lipinski definition) is 8. The van der Waals surface area contributed by atoms with Gasteiger partial charge in [-0.3, -0.25) is 9.55 Å². The molecule has 0 bridgehead atoms. The summed E-state index contributed by atoms with van der Waals surface area (Å²) in [6.45, 7) is 0. The Morgan fingerprint density at radius 2 is 1.76 bits per heavy atom. The number of rotatable bonds is 5. The molecule has 1 saturated carbocycles. The SMILES string of the molecule is c1cc(-c2nnc(Sc3ccc4nnc(-c5ccsc5)n4n3)n2C2CC2)ccn1. The van der Waals surface area contributed by atoms with Crippen molar-refractivity contribution in [3.63, 3.8) is 0 Å². The first-order chi connectivity index (χ1) is 14.4. The molecule has 1 aliphatic carbocycles. The highest BCUT2D eigenvalue weighted by molar-refractivity contribution is 7.99. The molecule has 0 radical (unpaired) electrons. The van der Waals surface area contributed by atoms with Gasteiger partial charge in [-0.1, -0.05) is 0 Å². The molecule has 5 heterocycles. The zero-order chi connectivity index (χ0) is 19.2. The molecule has 10 heteroatoms. The lowest BCUT2D eigenvalue weighted by Gasteiger charge is -2.08. The second-order valence-electron chi connectivity index (χ2n) is 6.72. The van der Waals surface area contributed by atoms with Crippen molar-refractivity contribution in [3.8, 4) is 22.8 Å². The number of pyridine rings is 1. The van der Waals surface area contributed by atoms with Crippen molar-refractivity contribution in [2.45, 2.75) is 29.1 Å². The van der Waals surface area contributed by atoms with Crippen molar-refractivity contribution in [2.24, 2.45) is 0 Å². The van der Waals surface area contributed by atoms with E-state index in [1.54, 1.807) is 28.2 Å². The van der Waals surface area contributed by atoms with E-state index in [9.17, 15) is 0 Å². The zero-order valence-electron chi connectivity index (χ0n) is 15.1. The van der Waals surface area contributed by atoms with Gasteiger partial charge in [-0.2, -0.15) is 21.0 Å². The molecule has 5 aromatic rings. The fraction of sp³-hybridized carbons (Fsp3) is 0.158. The second kappa shape index (κ2) is 6.75. The van der Waals surface area contributed by atoms with Crippen LogP contribution in [-0.2, 0) is 0 Å². The summed E-state index contributed by atoms with van der Waals surface area (Å²) in [4.78, 5) is 4.10. The maximum absolute atomic E-state index is 4.76. The van der Waals surface area contributed by atoms with Crippen LogP contribution in [0.4, 0.5) is 0 Å². The maximum Gasteiger partial charge on any atom is 0.198 e. The summed E-state index contributed by atoms with van der Waals surface area (Å²) in [5.41, 5.74) is 2.75. The number of nitrogens with zero attached hydrogens (tertiary/aromatic N) is 8. The van der Waals surface area contributed by atoms with E-state index in [0.29, 0.717) is 6.04 Å². The standard InChI is InChI=1S/C19H14N8S2/c1-2-14(1)26-17(12-5-8-20-9-6-12)22-24-19(26)29-16-4-3-15-21-23-18(27(15)25-16)13-7-10-28-11-13/h3-11,14H,1-2H2. The molecule has 5 aromatic heterocycles. The molecule has 0 aromatic carbocycles. The fourth-order valence-electron chi connectivity index (χ4n) is 3.20. The molecule has 6 rings (SSSR count). The van der Waals surface area contributed by atoms with E-state index in [2.05, 4.69) is 29.9 Å². The first kappa shape index (κ1) is 16.8. The number of fused-ring (bicyclic) bond motifs is 1. The normalized spacial score (nSPS) is 13.9. The van der Waals surface area contributed by atoms with Gasteiger partial charge in [0.1, 0.15) is 5.03 Å². The van der Waals surface area contributed by atoms with Crippen molar-refractivity contribution < 1.29 is 0 Å². The molecule has 0 unspecified atom stereocenters. The lowest BCUT2D eigenvalue weighted by molar-refractivity contribution is 0.668. The van der Waals surface area contributed by atoms with Gasteiger partial charge in [0.15, 0.2) is 22.5 Å². The van der Waals surface area contributed by atoms with E-state index in [4.69, 9.17) is 5.10 Å². The summed E-state index contributed by atoms with van der Waals surface area (Å²) in [6, 6.07) is 10.3. The predicted octanol–water partition coefficient (Wildman–Crippen LogP) is 3.99. The topological polar surface area (TPSA) is 86.7 Å². The highest BCUT2D eigenvalue weighted by Crippen LogP contribution is 2.42. The number of hydrogen-bond donors (Lipinski definition) is 0. The lowest BCUT2D eigenvalue weighted by atomic mass is 10.2. The molecule has 0 N–H and O–H groups in total. The van der Waals surface area contributed by atoms with Crippen LogP contribution in [0.25, 0.3) is 28.4 Å². The van der Waals surface area contributed by atoms with Gasteiger partial charge in [-0.15, -0.1) is 20.4 Å². The summed E-state index contributed by atoms with van der Waals surface area (Å²) >= 11 is 3.14. The van der Waals surface area contributed by atoms with Crippen LogP contribution >= 0.6 is 23.1 Å². The molecule has 1 fully saturated rings. The van der Waals surface area contributed by atoms with Gasteiger partial charge in [-0.05, 0) is 60.3 Å². The molecule has 0 amide bonds. The van der Waals surface area contributed by atoms with E-state index in [1.165, 1.54) is 11.8 Å². The van der Waals surface area contributed by atoms with Crippen LogP contribution in [0.5, 0.6) is 0 Å². The molecular formula is C19H14N8S2. The highest BCUT2D eigenvalue weighted by atomic mass is 32.2. The zero-order valence-corrected chi connectivity index (χ0v) is 16.7. The van der Waals surface area contributed by atoms with Crippen LogP contribution in [0.3, 0.4) is 0 Å². The fourth-order valence-corrected chi connectivity index (χ4v) is 4.69. The Hall–Kier alpha value is -3.11. The van der Waals surface area contributed by atoms with Crippen LogP contribution in [0.2, 0.25) is 0 Å². The molecule has 142 valence electrons. The molecule has 0 spiro atoms. The van der Waals surface area contributed by atoms with Gasteiger partial charge in [0.2, 0.25) is 0 Å². The van der Waals surface area contributed by atoms with Crippen LogP contribution in [0.1, 0.15) is 18.9 Å². The van der Waals surface area contributed by atoms with Gasteiger partial charge in [0, 0.05) is 34.9 Å². The molecule has 0 atom stereocenters. The summed E-state index contributed by atoms with van der Waals surface area (Å²) in [7, 11) is 0. The monoisotopic (exact) mass is 418 g/mol. The Balaban J connectivity index is 1.40. The molecular weight excluding hydrogens is 404 g/mol. The average Bonchev–Trinajstić information content (AvgIpc) is 3.15. The minimum Gasteiger partial charge on any atom is -0.299 e. The first-order valence-electron chi connectivity index (χ1n) is 9.15. The Kier molecular flexibility index (Phi) is 3.91. The lowest BCUT2D eigenvalue weighted by Crippen LogP contribution is -2.01. The van der Waals surface area contributed by atoms with Crippen molar-refractivity contribution in [1.82, 2.24) is 39.6 Å². The average molecular weight is 419 g/mol. The van der Waals surface area contributed by atoms with E-state index >= 15 is 0 Å². The minimum atomic E-state index is 0.440. The second-order valence-corrected chi connectivity index (χ2v) is 8.49. The highest BCUT2D eigenvalue weighted by Gasteiger charge is 2.30. The van der Waals surface area contributed by atoms with Gasteiger partial charge in [-0.25, -0.2) is 0 Å². The summed E-state index contributed by atoms with van der Waals surface area (Å²) in [6.07, 6.45) is 5.84. The summed E-state index contributed by atoms with van der Waals surface area (Å²) in [5, 5.41) is 27.9. The number of aromatic nitrogens is 8. The van der Waals surface area contributed by atoms with Crippen molar-refractivity contribution in [3.05, 3.63) is 53.5 Å². The van der Waals surface area contributed by atoms with Crippen molar-refractivity contribution in [1.29, 1.82) is 0 Å². The van der Waals surface area contributed by atoms with Gasteiger partial charge < -0.3 is 0 Å². The van der Waals surface area contributed by atoms with Gasteiger partial charge in [0.05, 0.1) is 0 Å². The maximum atomic E-state index is 4.76. The quantitative estimate of drug-likeness (QED) is 0.426. The third kappa shape index (κ3) is 3.00. The van der Waals surface area contributed by atoms with Gasteiger partial charge in [0.25, 0.3) is 0 Å². The largest absolute Gasteiger partial charge is 0.299 e. The van der Waals surface area contributed by atoms with Crippen molar-refractivity contribution in [2.75, 3.05) is 0 Å². The minimum absolute atomic E-state index is 0.440. The Morgan fingerprint density at radius 3 is 2.55 bits per heavy atom. The summed E-state index contributed by atoms with van der Waals surface area (Å²) < 4.78 is 4.00. The van der Waals surface area contributed by atoms with Crippen LogP contribution in [0.15, 0.2) is 63.7 Å². The molecule has 0 aliphatic heterocycles. The van der Waals surface area contributed by atoms with Crippen LogP contribution < -0.4 is 0 Å². The predicted molar refractivity (Wildman–Crippen MR) is 110 cm³/mol. The molecule has 1 aliphatic rings. The first-order valence-corrected chi connectivity index (χ1v) is 10.9. The van der Waals surface area contributed by atoms with E-state index in [0.717, 1.165) is 51.4 Å².